The first-order chi connectivity index (χ1) is 28.7. The van der Waals surface area contributed by atoms with Crippen LogP contribution in [-0.4, -0.2) is 19.9 Å². The smallest absolute Gasteiger partial charge is 0.227 e. The van der Waals surface area contributed by atoms with Crippen LogP contribution in [0.4, 0.5) is 0 Å². The van der Waals surface area contributed by atoms with E-state index in [1.54, 1.807) is 0 Å². The first-order valence-electron chi connectivity index (χ1n) is 19.2. The van der Waals surface area contributed by atoms with Gasteiger partial charge >= 0.3 is 0 Å². The van der Waals surface area contributed by atoms with Crippen LogP contribution < -0.4 is 0 Å². The van der Waals surface area contributed by atoms with E-state index in [1.165, 1.54) is 0 Å². The molecular weight excluding hydrogens is 713 g/mol. The zero-order valence-corrected chi connectivity index (χ0v) is 31.1. The second kappa shape index (κ2) is 14.0. The van der Waals surface area contributed by atoms with Crippen molar-refractivity contribution < 1.29 is 8.83 Å². The van der Waals surface area contributed by atoms with Crippen LogP contribution in [0, 0.1) is 0 Å². The summed E-state index contributed by atoms with van der Waals surface area (Å²) in [6.45, 7) is 0. The van der Waals surface area contributed by atoms with E-state index in [9.17, 15) is 0 Å². The largest absolute Gasteiger partial charge is 0.456 e. The molecule has 0 unspecified atom stereocenters. The lowest BCUT2D eigenvalue weighted by molar-refractivity contribution is 0.620. The zero-order chi connectivity index (χ0) is 38.4. The first-order valence-corrected chi connectivity index (χ1v) is 19.2. The van der Waals surface area contributed by atoms with Crippen LogP contribution in [0.5, 0.6) is 0 Å². The third-order valence-electron chi connectivity index (χ3n) is 10.6. The molecule has 3 heterocycles. The molecule has 0 aliphatic carbocycles. The van der Waals surface area contributed by atoms with Crippen molar-refractivity contribution >= 4 is 33.0 Å². The fraction of sp³-hybridized carbons (Fsp3) is 0. The summed E-state index contributed by atoms with van der Waals surface area (Å²) in [7, 11) is 0. The number of aromatic nitrogens is 4. The molecule has 0 saturated carbocycles. The van der Waals surface area contributed by atoms with Gasteiger partial charge in [0.05, 0.1) is 0 Å². The average molecular weight is 745 g/mol. The zero-order valence-electron chi connectivity index (χ0n) is 31.1. The molecule has 58 heavy (non-hydrogen) atoms. The maximum atomic E-state index is 6.60. The summed E-state index contributed by atoms with van der Waals surface area (Å²) < 4.78 is 13.1. The Morgan fingerprint density at radius 2 is 0.810 bits per heavy atom. The SMILES string of the molecule is c1ccc(-c2nc(-c3ccccc3)nc(-c3cccc(-c4ccc5c(c4)oc4cccc(-c6cccc7oc(-c8ccccc8-c8ccccc8)nc67)c45)c3)n2)cc1. The van der Waals surface area contributed by atoms with Crippen molar-refractivity contribution in [1.82, 2.24) is 19.9 Å². The minimum Gasteiger partial charge on any atom is -0.456 e. The average Bonchev–Trinajstić information content (AvgIpc) is 3.92. The highest BCUT2D eigenvalue weighted by atomic mass is 16.3. The summed E-state index contributed by atoms with van der Waals surface area (Å²) in [4.78, 5) is 19.9. The van der Waals surface area contributed by atoms with E-state index in [4.69, 9.17) is 28.8 Å². The molecule has 0 fully saturated rings. The molecule has 0 amide bonds. The van der Waals surface area contributed by atoms with Crippen molar-refractivity contribution in [2.45, 2.75) is 0 Å². The number of nitrogens with zero attached hydrogens (tertiary/aromatic N) is 4. The van der Waals surface area contributed by atoms with Crippen LogP contribution in [0.2, 0.25) is 0 Å². The van der Waals surface area contributed by atoms with Crippen molar-refractivity contribution in [3.05, 3.63) is 194 Å². The van der Waals surface area contributed by atoms with Gasteiger partial charge in [-0.25, -0.2) is 19.9 Å². The van der Waals surface area contributed by atoms with Crippen molar-refractivity contribution in [3.8, 4) is 79.0 Å². The van der Waals surface area contributed by atoms with Gasteiger partial charge in [-0.2, -0.15) is 0 Å². The van der Waals surface area contributed by atoms with Gasteiger partial charge in [0.15, 0.2) is 23.1 Å². The third kappa shape index (κ3) is 5.92. The van der Waals surface area contributed by atoms with E-state index in [0.29, 0.717) is 23.4 Å². The fourth-order valence-electron chi connectivity index (χ4n) is 7.83. The third-order valence-corrected chi connectivity index (χ3v) is 10.6. The molecule has 0 saturated heterocycles. The quantitative estimate of drug-likeness (QED) is 0.162. The van der Waals surface area contributed by atoms with E-state index in [1.807, 2.05) is 127 Å². The number of oxazole rings is 1. The maximum Gasteiger partial charge on any atom is 0.227 e. The highest BCUT2D eigenvalue weighted by Crippen LogP contribution is 2.42. The monoisotopic (exact) mass is 744 g/mol. The fourth-order valence-corrected chi connectivity index (χ4v) is 7.83. The van der Waals surface area contributed by atoms with Gasteiger partial charge in [0, 0.05) is 38.6 Å². The highest BCUT2D eigenvalue weighted by Gasteiger charge is 2.20. The van der Waals surface area contributed by atoms with E-state index < -0.39 is 0 Å². The Balaban J connectivity index is 0.989. The lowest BCUT2D eigenvalue weighted by Gasteiger charge is -2.09. The molecule has 0 atom stereocenters. The lowest BCUT2D eigenvalue weighted by Crippen LogP contribution is -2.00. The Morgan fingerprint density at radius 3 is 1.52 bits per heavy atom. The van der Waals surface area contributed by atoms with Crippen LogP contribution in [0.25, 0.3) is 112 Å². The summed E-state index contributed by atoms with van der Waals surface area (Å²) in [5, 5.41) is 2.06. The Labute approximate surface area is 333 Å². The molecule has 6 heteroatoms. The number of rotatable bonds is 7. The number of fused-ring (bicyclic) bond motifs is 4. The number of para-hydroxylation sites is 1. The van der Waals surface area contributed by atoms with Crippen molar-refractivity contribution in [2.75, 3.05) is 0 Å². The summed E-state index contributed by atoms with van der Waals surface area (Å²) in [5.41, 5.74) is 13.1. The summed E-state index contributed by atoms with van der Waals surface area (Å²) >= 11 is 0. The minimum absolute atomic E-state index is 0.586. The molecule has 11 aromatic rings. The van der Waals surface area contributed by atoms with Gasteiger partial charge in [-0.05, 0) is 64.2 Å². The van der Waals surface area contributed by atoms with Crippen molar-refractivity contribution in [3.63, 3.8) is 0 Å². The molecule has 0 spiro atoms. The Morgan fingerprint density at radius 1 is 0.293 bits per heavy atom. The van der Waals surface area contributed by atoms with E-state index in [0.717, 1.165) is 88.7 Å². The molecule has 8 aromatic carbocycles. The molecule has 3 aromatic heterocycles. The molecule has 11 rings (SSSR count). The molecule has 0 N–H and O–H groups in total. The van der Waals surface area contributed by atoms with E-state index in [2.05, 4.69) is 66.7 Å². The summed E-state index contributed by atoms with van der Waals surface area (Å²) in [5.74, 6) is 2.45. The van der Waals surface area contributed by atoms with Gasteiger partial charge in [0.25, 0.3) is 0 Å². The van der Waals surface area contributed by atoms with Crippen LogP contribution in [0.15, 0.2) is 203 Å². The van der Waals surface area contributed by atoms with Crippen molar-refractivity contribution in [1.29, 1.82) is 0 Å². The van der Waals surface area contributed by atoms with Gasteiger partial charge in [0.1, 0.15) is 16.7 Å². The van der Waals surface area contributed by atoms with E-state index >= 15 is 0 Å². The first kappa shape index (κ1) is 33.4. The van der Waals surface area contributed by atoms with Gasteiger partial charge in [-0.15, -0.1) is 0 Å². The van der Waals surface area contributed by atoms with Crippen LogP contribution in [0.1, 0.15) is 0 Å². The van der Waals surface area contributed by atoms with Crippen LogP contribution >= 0.6 is 0 Å². The number of furan rings is 1. The molecule has 272 valence electrons. The molecule has 0 aliphatic rings. The van der Waals surface area contributed by atoms with E-state index in [-0.39, 0.29) is 0 Å². The lowest BCUT2D eigenvalue weighted by atomic mass is 9.97. The Hall–Kier alpha value is -7.96. The Kier molecular flexibility index (Phi) is 8.04. The highest BCUT2D eigenvalue weighted by molar-refractivity contribution is 6.15. The van der Waals surface area contributed by atoms with Gasteiger partial charge in [-0.3, -0.25) is 0 Å². The van der Waals surface area contributed by atoms with Gasteiger partial charge < -0.3 is 8.83 Å². The second-order valence-corrected chi connectivity index (χ2v) is 14.2. The number of hydrogen-bond acceptors (Lipinski definition) is 6. The predicted molar refractivity (Wildman–Crippen MR) is 233 cm³/mol. The molecule has 0 bridgehead atoms. The van der Waals surface area contributed by atoms with Gasteiger partial charge in [0.2, 0.25) is 5.89 Å². The standard InChI is InChI=1S/C52H32N4O2/c1-4-15-33(16-5-1)39-23-10-11-24-42(39)52-53-48-41(26-14-28-45(48)58-52)40-25-13-27-44-47(40)43-30-29-37(32-46(43)57-44)36-21-12-22-38(31-36)51-55-49(34-17-6-2-7-18-34)54-50(56-51)35-19-8-3-9-20-35/h1-32H. The normalized spacial score (nSPS) is 11.4. The summed E-state index contributed by atoms with van der Waals surface area (Å²) in [6, 6.07) is 65.7. The van der Waals surface area contributed by atoms with Crippen LogP contribution in [-0.2, 0) is 0 Å². The Bertz CT molecular complexity index is 3220. The molecule has 6 nitrogen and oxygen atoms in total. The topological polar surface area (TPSA) is 77.8 Å². The molecule has 0 aliphatic heterocycles. The van der Waals surface area contributed by atoms with Crippen LogP contribution in [0.3, 0.4) is 0 Å². The minimum atomic E-state index is 0.586. The second-order valence-electron chi connectivity index (χ2n) is 14.2. The predicted octanol–water partition coefficient (Wildman–Crippen LogP) is 13.6. The molecule has 0 radical (unpaired) electrons. The maximum absolute atomic E-state index is 6.60. The number of hydrogen-bond donors (Lipinski definition) is 0. The van der Waals surface area contributed by atoms with Crippen molar-refractivity contribution in [2.24, 2.45) is 0 Å². The number of benzene rings is 8. The molecular formula is C52H32N4O2. The van der Waals surface area contributed by atoms with Gasteiger partial charge in [-0.1, -0.05) is 158 Å². The summed E-state index contributed by atoms with van der Waals surface area (Å²) in [6.07, 6.45) is 0.